The lowest BCUT2D eigenvalue weighted by Crippen LogP contribution is -2.00. The van der Waals surface area contributed by atoms with Crippen LogP contribution in [0.5, 0.6) is 0 Å². The minimum absolute atomic E-state index is 0.236. The molecule has 0 N–H and O–H groups in total. The molecule has 3 rings (SSSR count). The van der Waals surface area contributed by atoms with Crippen molar-refractivity contribution in [1.29, 1.82) is 0 Å². The lowest BCUT2D eigenvalue weighted by Gasteiger charge is -2.09. The molecule has 0 aliphatic carbocycles. The van der Waals surface area contributed by atoms with Gasteiger partial charge in [0.15, 0.2) is 5.82 Å². The van der Waals surface area contributed by atoms with E-state index in [9.17, 15) is 0 Å². The Bertz CT molecular complexity index is 827. The molecular formula is C17H17ClN4S. The zero-order valence-electron chi connectivity index (χ0n) is 13.2. The summed E-state index contributed by atoms with van der Waals surface area (Å²) in [5.41, 5.74) is 4.18. The van der Waals surface area contributed by atoms with Gasteiger partial charge in [-0.25, -0.2) is 15.0 Å². The summed E-state index contributed by atoms with van der Waals surface area (Å²) in [6.45, 7) is 4.18. The Morgan fingerprint density at radius 3 is 2.57 bits per heavy atom. The van der Waals surface area contributed by atoms with Gasteiger partial charge in [-0.15, -0.1) is 11.8 Å². The molecule has 4 nitrogen and oxygen atoms in total. The van der Waals surface area contributed by atoms with Crippen LogP contribution in [0.3, 0.4) is 0 Å². The van der Waals surface area contributed by atoms with E-state index in [-0.39, 0.29) is 5.28 Å². The molecule has 3 aromatic rings. The maximum atomic E-state index is 5.99. The first-order valence-electron chi connectivity index (χ1n) is 7.34. The molecule has 0 saturated carbocycles. The van der Waals surface area contributed by atoms with Crippen LogP contribution < -0.4 is 0 Å². The highest BCUT2D eigenvalue weighted by molar-refractivity contribution is 7.99. The molecule has 0 aliphatic heterocycles. The molecule has 0 atom stereocenters. The second-order valence-electron chi connectivity index (χ2n) is 5.18. The fourth-order valence-electron chi connectivity index (χ4n) is 2.39. The summed E-state index contributed by atoms with van der Waals surface area (Å²) in [5, 5.41) is 0.236. The highest BCUT2D eigenvalue weighted by atomic mass is 35.5. The number of halogens is 1. The van der Waals surface area contributed by atoms with E-state index < -0.39 is 0 Å². The van der Waals surface area contributed by atoms with Crippen molar-refractivity contribution in [3.8, 4) is 22.8 Å². The maximum Gasteiger partial charge on any atom is 0.223 e. The van der Waals surface area contributed by atoms with E-state index in [1.807, 2.05) is 17.8 Å². The number of nitrogens with zero attached hydrogens (tertiary/aromatic N) is 4. The normalized spacial score (nSPS) is 11.0. The third-order valence-electron chi connectivity index (χ3n) is 3.57. The largest absolute Gasteiger partial charge is 0.326 e. The average molecular weight is 345 g/mol. The topological polar surface area (TPSA) is 43.6 Å². The number of rotatable bonds is 4. The van der Waals surface area contributed by atoms with Gasteiger partial charge < -0.3 is 4.57 Å². The Morgan fingerprint density at radius 2 is 1.87 bits per heavy atom. The zero-order valence-corrected chi connectivity index (χ0v) is 14.8. The van der Waals surface area contributed by atoms with Crippen molar-refractivity contribution in [2.45, 2.75) is 18.7 Å². The highest BCUT2D eigenvalue weighted by Crippen LogP contribution is 2.31. The van der Waals surface area contributed by atoms with Gasteiger partial charge in [-0.2, -0.15) is 0 Å². The molecule has 118 valence electrons. The van der Waals surface area contributed by atoms with E-state index in [1.54, 1.807) is 18.0 Å². The summed E-state index contributed by atoms with van der Waals surface area (Å²) in [5.74, 6) is 1.73. The van der Waals surface area contributed by atoms with Gasteiger partial charge in [0.1, 0.15) is 5.69 Å². The van der Waals surface area contributed by atoms with Gasteiger partial charge in [0.2, 0.25) is 5.28 Å². The Kier molecular flexibility index (Phi) is 4.68. The Balaban J connectivity index is 2.09. The van der Waals surface area contributed by atoms with E-state index in [2.05, 4.69) is 53.1 Å². The Morgan fingerprint density at radius 1 is 1.13 bits per heavy atom. The number of aromatic nitrogens is 4. The smallest absolute Gasteiger partial charge is 0.223 e. The van der Waals surface area contributed by atoms with E-state index in [4.69, 9.17) is 11.6 Å². The first-order valence-corrected chi connectivity index (χ1v) is 8.71. The van der Waals surface area contributed by atoms with Crippen molar-refractivity contribution >= 4 is 23.4 Å². The van der Waals surface area contributed by atoms with Gasteiger partial charge in [-0.1, -0.05) is 36.8 Å². The van der Waals surface area contributed by atoms with Crippen LogP contribution in [0.4, 0.5) is 0 Å². The van der Waals surface area contributed by atoms with Gasteiger partial charge in [0.25, 0.3) is 0 Å². The summed E-state index contributed by atoms with van der Waals surface area (Å²) in [6, 6.07) is 8.40. The molecule has 0 radical (unpaired) electrons. The molecule has 6 heteroatoms. The molecule has 0 fully saturated rings. The van der Waals surface area contributed by atoms with Crippen LogP contribution in [-0.2, 0) is 7.05 Å². The van der Waals surface area contributed by atoms with Gasteiger partial charge in [0, 0.05) is 13.2 Å². The molecule has 0 saturated heterocycles. The molecule has 1 aromatic carbocycles. The number of hydrogen-bond donors (Lipinski definition) is 0. The minimum Gasteiger partial charge on any atom is -0.326 e. The second kappa shape index (κ2) is 6.72. The maximum absolute atomic E-state index is 5.99. The fourth-order valence-corrected chi connectivity index (χ4v) is 3.24. The van der Waals surface area contributed by atoms with E-state index in [1.165, 1.54) is 5.56 Å². The molecule has 0 spiro atoms. The van der Waals surface area contributed by atoms with Crippen molar-refractivity contribution < 1.29 is 0 Å². The second-order valence-corrected chi connectivity index (χ2v) is 6.82. The highest BCUT2D eigenvalue weighted by Gasteiger charge is 2.16. The molecule has 0 unspecified atom stereocenters. The van der Waals surface area contributed by atoms with Crippen LogP contribution in [0.2, 0.25) is 5.28 Å². The number of benzene rings is 1. The SMILES string of the molecule is CCSc1cnc(Cl)nc1-c1ncc(-c2ccc(C)cc2)n1C. The molecular weight excluding hydrogens is 328 g/mol. The molecule has 0 amide bonds. The summed E-state index contributed by atoms with van der Waals surface area (Å²) in [6.07, 6.45) is 3.63. The molecule has 0 aliphatic rings. The number of hydrogen-bond acceptors (Lipinski definition) is 4. The predicted molar refractivity (Wildman–Crippen MR) is 95.8 cm³/mol. The van der Waals surface area contributed by atoms with Crippen molar-refractivity contribution in [2.24, 2.45) is 7.05 Å². The van der Waals surface area contributed by atoms with E-state index in [0.29, 0.717) is 0 Å². The van der Waals surface area contributed by atoms with Crippen LogP contribution in [0.25, 0.3) is 22.8 Å². The van der Waals surface area contributed by atoms with Gasteiger partial charge >= 0.3 is 0 Å². The van der Waals surface area contributed by atoms with E-state index >= 15 is 0 Å². The number of aryl methyl sites for hydroxylation is 1. The monoisotopic (exact) mass is 344 g/mol. The van der Waals surface area contributed by atoms with Crippen LogP contribution in [-0.4, -0.2) is 25.3 Å². The van der Waals surface area contributed by atoms with Crippen LogP contribution in [0.15, 0.2) is 41.6 Å². The average Bonchev–Trinajstić information content (AvgIpc) is 2.92. The number of thioether (sulfide) groups is 1. The lowest BCUT2D eigenvalue weighted by atomic mass is 10.1. The van der Waals surface area contributed by atoms with Crippen molar-refractivity contribution in [3.63, 3.8) is 0 Å². The van der Waals surface area contributed by atoms with Gasteiger partial charge in [0.05, 0.1) is 16.8 Å². The Labute approximate surface area is 145 Å². The quantitative estimate of drug-likeness (QED) is 0.511. The predicted octanol–water partition coefficient (Wildman–Crippen LogP) is 4.62. The summed E-state index contributed by atoms with van der Waals surface area (Å²) in [7, 11) is 1.99. The minimum atomic E-state index is 0.236. The van der Waals surface area contributed by atoms with Crippen LogP contribution in [0.1, 0.15) is 12.5 Å². The van der Waals surface area contributed by atoms with Crippen molar-refractivity contribution in [1.82, 2.24) is 19.5 Å². The molecule has 0 bridgehead atoms. The number of imidazole rings is 1. The standard InChI is InChI=1S/C17H17ClN4S/c1-4-23-14-10-20-17(18)21-15(14)16-19-9-13(22(16)3)12-7-5-11(2)6-8-12/h5-10H,4H2,1-3H3. The van der Waals surface area contributed by atoms with E-state index in [0.717, 1.165) is 33.4 Å². The third kappa shape index (κ3) is 3.26. The lowest BCUT2D eigenvalue weighted by molar-refractivity contribution is 0.914. The summed E-state index contributed by atoms with van der Waals surface area (Å²) < 4.78 is 2.04. The van der Waals surface area contributed by atoms with Crippen molar-refractivity contribution in [3.05, 3.63) is 47.5 Å². The fraction of sp³-hybridized carbons (Fsp3) is 0.235. The molecule has 23 heavy (non-hydrogen) atoms. The van der Waals surface area contributed by atoms with Gasteiger partial charge in [-0.3, -0.25) is 0 Å². The molecule has 2 heterocycles. The first-order chi connectivity index (χ1) is 11.1. The third-order valence-corrected chi connectivity index (χ3v) is 4.65. The first kappa shape index (κ1) is 16.0. The van der Waals surface area contributed by atoms with Gasteiger partial charge in [-0.05, 0) is 29.8 Å². The van der Waals surface area contributed by atoms with Crippen LogP contribution >= 0.6 is 23.4 Å². The molecule has 2 aromatic heterocycles. The van der Waals surface area contributed by atoms with Crippen molar-refractivity contribution in [2.75, 3.05) is 5.75 Å². The van der Waals surface area contributed by atoms with Crippen LogP contribution in [0, 0.1) is 6.92 Å². The summed E-state index contributed by atoms with van der Waals surface area (Å²) in [4.78, 5) is 14.0. The zero-order chi connectivity index (χ0) is 16.4. The Hall–Kier alpha value is -1.85. The summed E-state index contributed by atoms with van der Waals surface area (Å²) >= 11 is 7.68.